The van der Waals surface area contributed by atoms with Crippen molar-refractivity contribution in [3.05, 3.63) is 34.3 Å². The molecule has 1 aliphatic rings. The number of piperidine rings is 1. The van der Waals surface area contributed by atoms with Crippen molar-refractivity contribution in [1.82, 2.24) is 4.90 Å². The van der Waals surface area contributed by atoms with Gasteiger partial charge in [-0.05, 0) is 37.1 Å². The summed E-state index contributed by atoms with van der Waals surface area (Å²) in [7, 11) is 0. The van der Waals surface area contributed by atoms with Crippen LogP contribution in [0.4, 0.5) is 13.2 Å². The van der Waals surface area contributed by atoms with Gasteiger partial charge < -0.3 is 0 Å². The second-order valence-electron chi connectivity index (χ2n) is 4.75. The first kappa shape index (κ1) is 13.9. The Bertz CT molecular complexity index is 405. The summed E-state index contributed by atoms with van der Waals surface area (Å²) in [6, 6.07) is 7.72. The monoisotopic (exact) mass is 321 g/mol. The van der Waals surface area contributed by atoms with Gasteiger partial charge in [-0.1, -0.05) is 28.1 Å². The molecule has 1 aliphatic heterocycles. The number of hydrogen-bond acceptors (Lipinski definition) is 1. The molecule has 2 rings (SSSR count). The number of halogens is 4. The highest BCUT2D eigenvalue weighted by atomic mass is 79.9. The minimum absolute atomic E-state index is 0.121. The van der Waals surface area contributed by atoms with Crippen LogP contribution in [0.25, 0.3) is 0 Å². The quantitative estimate of drug-likeness (QED) is 0.788. The zero-order valence-electron chi connectivity index (χ0n) is 9.88. The number of alkyl halides is 3. The molecule has 1 fully saturated rings. The maximum atomic E-state index is 12.7. The maximum Gasteiger partial charge on any atom is 0.393 e. The fraction of sp³-hybridized carbons (Fsp3) is 0.538. The minimum atomic E-state index is -4.06. The molecule has 0 aromatic heterocycles. The minimum Gasteiger partial charge on any atom is -0.298 e. The Morgan fingerprint density at radius 2 is 2.11 bits per heavy atom. The van der Waals surface area contributed by atoms with E-state index in [2.05, 4.69) is 15.9 Å². The third-order valence-corrected chi connectivity index (χ3v) is 3.76. The fourth-order valence-electron chi connectivity index (χ4n) is 2.36. The molecule has 18 heavy (non-hydrogen) atoms. The molecule has 1 saturated heterocycles. The first-order valence-electron chi connectivity index (χ1n) is 5.98. The Hall–Kier alpha value is -0.550. The van der Waals surface area contributed by atoms with E-state index in [1.807, 2.05) is 29.2 Å². The van der Waals surface area contributed by atoms with Gasteiger partial charge in [0.1, 0.15) is 0 Å². The van der Waals surface area contributed by atoms with Crippen LogP contribution in [0.15, 0.2) is 28.7 Å². The molecule has 1 unspecified atom stereocenters. The van der Waals surface area contributed by atoms with Crippen molar-refractivity contribution >= 4 is 15.9 Å². The average molecular weight is 322 g/mol. The number of rotatable bonds is 2. The molecule has 0 amide bonds. The van der Waals surface area contributed by atoms with E-state index in [-0.39, 0.29) is 13.0 Å². The molecule has 1 aromatic carbocycles. The lowest BCUT2D eigenvalue weighted by Crippen LogP contribution is -2.41. The predicted octanol–water partition coefficient (Wildman–Crippen LogP) is 4.22. The van der Waals surface area contributed by atoms with E-state index < -0.39 is 12.1 Å². The van der Waals surface area contributed by atoms with Crippen molar-refractivity contribution in [3.8, 4) is 0 Å². The lowest BCUT2D eigenvalue weighted by molar-refractivity contribution is -0.187. The molecule has 5 heteroatoms. The van der Waals surface area contributed by atoms with Gasteiger partial charge in [0.2, 0.25) is 0 Å². The highest BCUT2D eigenvalue weighted by Crippen LogP contribution is 2.33. The van der Waals surface area contributed by atoms with Gasteiger partial charge in [-0.2, -0.15) is 13.2 Å². The van der Waals surface area contributed by atoms with Crippen molar-refractivity contribution in [1.29, 1.82) is 0 Å². The zero-order chi connectivity index (χ0) is 13.2. The molecular weight excluding hydrogens is 307 g/mol. The van der Waals surface area contributed by atoms with Crippen molar-refractivity contribution in [2.45, 2.75) is 25.6 Å². The summed E-state index contributed by atoms with van der Waals surface area (Å²) < 4.78 is 39.0. The average Bonchev–Trinajstić information content (AvgIpc) is 2.28. The first-order chi connectivity index (χ1) is 8.45. The van der Waals surface area contributed by atoms with Gasteiger partial charge in [0.15, 0.2) is 0 Å². The van der Waals surface area contributed by atoms with Crippen LogP contribution in [0, 0.1) is 5.92 Å². The third kappa shape index (κ3) is 3.72. The molecular formula is C13H15BrF3N. The summed E-state index contributed by atoms with van der Waals surface area (Å²) >= 11 is 3.37. The largest absolute Gasteiger partial charge is 0.393 e. The highest BCUT2D eigenvalue weighted by molar-refractivity contribution is 9.10. The van der Waals surface area contributed by atoms with Crippen LogP contribution >= 0.6 is 15.9 Å². The van der Waals surface area contributed by atoms with Crippen molar-refractivity contribution in [2.75, 3.05) is 13.1 Å². The molecule has 0 saturated carbocycles. The predicted molar refractivity (Wildman–Crippen MR) is 68.2 cm³/mol. The Kier molecular flexibility index (Phi) is 4.33. The van der Waals surface area contributed by atoms with Crippen molar-refractivity contribution in [2.24, 2.45) is 5.92 Å². The molecule has 0 N–H and O–H groups in total. The standard InChI is InChI=1S/C13H15BrF3N/c14-12-5-1-3-10(7-12)8-18-6-2-4-11(9-18)13(15,16)17/h1,3,5,7,11H,2,4,6,8-9H2. The van der Waals surface area contributed by atoms with Gasteiger partial charge >= 0.3 is 6.18 Å². The normalized spacial score (nSPS) is 22.1. The van der Waals surface area contributed by atoms with Gasteiger partial charge in [-0.25, -0.2) is 0 Å². The van der Waals surface area contributed by atoms with Gasteiger partial charge in [-0.15, -0.1) is 0 Å². The van der Waals surface area contributed by atoms with Crippen LogP contribution < -0.4 is 0 Å². The number of benzene rings is 1. The summed E-state index contributed by atoms with van der Waals surface area (Å²) in [5.41, 5.74) is 1.05. The van der Waals surface area contributed by atoms with E-state index in [4.69, 9.17) is 0 Å². The van der Waals surface area contributed by atoms with Crippen LogP contribution in [-0.4, -0.2) is 24.2 Å². The summed E-state index contributed by atoms with van der Waals surface area (Å²) in [6.45, 7) is 1.46. The van der Waals surface area contributed by atoms with Crippen LogP contribution in [0.3, 0.4) is 0 Å². The zero-order valence-corrected chi connectivity index (χ0v) is 11.5. The lowest BCUT2D eigenvalue weighted by atomic mass is 9.97. The maximum absolute atomic E-state index is 12.7. The molecule has 1 atom stereocenters. The van der Waals surface area contributed by atoms with E-state index in [1.165, 1.54) is 0 Å². The number of nitrogens with zero attached hydrogens (tertiary/aromatic N) is 1. The Labute approximate surface area is 113 Å². The van der Waals surface area contributed by atoms with Gasteiger partial charge in [-0.3, -0.25) is 4.90 Å². The Morgan fingerprint density at radius 3 is 2.78 bits per heavy atom. The first-order valence-corrected chi connectivity index (χ1v) is 6.78. The summed E-state index contributed by atoms with van der Waals surface area (Å²) in [6.07, 6.45) is -3.17. The van der Waals surface area contributed by atoms with Gasteiger partial charge in [0, 0.05) is 17.6 Å². The summed E-state index contributed by atoms with van der Waals surface area (Å²) in [5.74, 6) is -1.17. The van der Waals surface area contributed by atoms with E-state index in [0.29, 0.717) is 13.0 Å². The van der Waals surface area contributed by atoms with E-state index in [1.54, 1.807) is 0 Å². The third-order valence-electron chi connectivity index (χ3n) is 3.26. The Balaban J connectivity index is 1.98. The van der Waals surface area contributed by atoms with Crippen LogP contribution in [0.1, 0.15) is 18.4 Å². The van der Waals surface area contributed by atoms with E-state index >= 15 is 0 Å². The van der Waals surface area contributed by atoms with Crippen LogP contribution in [0.2, 0.25) is 0 Å². The second kappa shape index (κ2) is 5.61. The SMILES string of the molecule is FC(F)(F)C1CCCN(Cc2cccc(Br)c2)C1. The molecule has 100 valence electrons. The second-order valence-corrected chi connectivity index (χ2v) is 5.66. The van der Waals surface area contributed by atoms with Gasteiger partial charge in [0.25, 0.3) is 0 Å². The number of hydrogen-bond donors (Lipinski definition) is 0. The van der Waals surface area contributed by atoms with E-state index in [0.717, 1.165) is 16.6 Å². The fourth-order valence-corrected chi connectivity index (χ4v) is 2.81. The highest BCUT2D eigenvalue weighted by Gasteiger charge is 2.41. The summed E-state index contributed by atoms with van der Waals surface area (Å²) in [5, 5.41) is 0. The molecule has 0 radical (unpaired) electrons. The lowest BCUT2D eigenvalue weighted by Gasteiger charge is -2.33. The summed E-state index contributed by atoms with van der Waals surface area (Å²) in [4.78, 5) is 1.89. The van der Waals surface area contributed by atoms with Crippen LogP contribution in [0.5, 0.6) is 0 Å². The molecule has 0 bridgehead atoms. The van der Waals surface area contributed by atoms with Crippen LogP contribution in [-0.2, 0) is 6.54 Å². The molecule has 1 heterocycles. The molecule has 0 spiro atoms. The molecule has 0 aliphatic carbocycles. The van der Waals surface area contributed by atoms with E-state index in [9.17, 15) is 13.2 Å². The Morgan fingerprint density at radius 1 is 1.33 bits per heavy atom. The van der Waals surface area contributed by atoms with Crippen molar-refractivity contribution in [3.63, 3.8) is 0 Å². The van der Waals surface area contributed by atoms with Gasteiger partial charge in [0.05, 0.1) is 5.92 Å². The molecule has 1 nitrogen and oxygen atoms in total. The smallest absolute Gasteiger partial charge is 0.298 e. The molecule has 1 aromatic rings. The topological polar surface area (TPSA) is 3.24 Å². The van der Waals surface area contributed by atoms with Crippen molar-refractivity contribution < 1.29 is 13.2 Å². The number of likely N-dealkylation sites (tertiary alicyclic amines) is 1.